The normalized spacial score (nSPS) is 10.6. The number of nitrogens with zero attached hydrogens (tertiary/aromatic N) is 1. The predicted octanol–water partition coefficient (Wildman–Crippen LogP) is -1.47. The first-order valence-electron chi connectivity index (χ1n) is 4.47. The molecule has 0 aliphatic heterocycles. The average molecular weight is 260 g/mol. The van der Waals surface area contributed by atoms with Crippen molar-refractivity contribution < 1.29 is 33.3 Å². The Bertz CT molecular complexity index is 445. The lowest BCUT2D eigenvalue weighted by Crippen LogP contribution is -2.58. The van der Waals surface area contributed by atoms with Crippen molar-refractivity contribution in [2.75, 3.05) is 0 Å². The summed E-state index contributed by atoms with van der Waals surface area (Å²) in [4.78, 5) is 4.03. The van der Waals surface area contributed by atoms with Gasteiger partial charge >= 0.3 is 0 Å². The summed E-state index contributed by atoms with van der Waals surface area (Å²) in [5, 5.41) is 0. The molecule has 0 unspecified atom stereocenters. The fourth-order valence-corrected chi connectivity index (χ4v) is 1.10. The summed E-state index contributed by atoms with van der Waals surface area (Å²) in [6.45, 7) is 1.84. The zero-order chi connectivity index (χ0) is 12.9. The van der Waals surface area contributed by atoms with Crippen LogP contribution in [0.25, 0.3) is 11.3 Å². The van der Waals surface area contributed by atoms with Crippen LogP contribution in [0.1, 0.15) is 5.89 Å². The van der Waals surface area contributed by atoms with Gasteiger partial charge in [0.15, 0.2) is 11.7 Å². The van der Waals surface area contributed by atoms with Crippen LogP contribution in [0.5, 0.6) is 0 Å². The van der Waals surface area contributed by atoms with Crippen LogP contribution >= 0.6 is 0 Å². The lowest BCUT2D eigenvalue weighted by atomic mass is 10.2. The van der Waals surface area contributed by atoms with E-state index in [9.17, 15) is 0 Å². The lowest BCUT2D eigenvalue weighted by molar-refractivity contribution is -1.92. The molecule has 0 radical (unpaired) electrons. The Morgan fingerprint density at radius 3 is 2.12 bits per heavy atom. The molecule has 7 heteroatoms. The first-order valence-corrected chi connectivity index (χ1v) is 5.74. The average Bonchev–Trinajstić information content (AvgIpc) is 2.64. The van der Waals surface area contributed by atoms with E-state index in [-0.39, 0.29) is 0 Å². The Labute approximate surface area is 99.5 Å². The highest BCUT2D eigenvalue weighted by molar-refractivity contribution is 5.55. The molecule has 17 heavy (non-hydrogen) atoms. The van der Waals surface area contributed by atoms with E-state index in [1.54, 1.807) is 6.20 Å². The molecule has 1 heterocycles. The second-order valence-electron chi connectivity index (χ2n) is 3.01. The lowest BCUT2D eigenvalue weighted by Gasteiger charge is -2.03. The number of hydrogen-bond donors (Lipinski definition) is 1. The quantitative estimate of drug-likeness (QED) is 0.668. The highest BCUT2D eigenvalue weighted by Gasteiger charge is 2.00. The molecular weight excluding hydrogens is 250 g/mol. The third-order valence-corrected chi connectivity index (χ3v) is 1.68. The van der Waals surface area contributed by atoms with Crippen LogP contribution in [0, 0.1) is 17.2 Å². The molecule has 1 aromatic carbocycles. The Balaban J connectivity index is 0.000000249. The minimum Gasteiger partial charge on any atom is -0.441 e. The number of aromatic nitrogens is 1. The second kappa shape index (κ2) is 5.76. The molecule has 0 saturated heterocycles. The Hall–Kier alpha value is -1.44. The van der Waals surface area contributed by atoms with E-state index in [1.807, 2.05) is 37.3 Å². The first kappa shape index (κ1) is 13.6. The number of hydrogen-bond acceptors (Lipinski definition) is 6. The van der Waals surface area contributed by atoms with Crippen molar-refractivity contribution in [1.82, 2.24) is 4.98 Å². The van der Waals surface area contributed by atoms with Crippen LogP contribution in [0.3, 0.4) is 0 Å². The standard InChI is InChI=1S/C10H9NO.ClHO4/c1-8-11-7-10(12-8)9-5-3-2-4-6-9;2-1(3,4)5/h2-7H,1H3;(H,2,3,4,5). The van der Waals surface area contributed by atoms with Crippen molar-refractivity contribution in [2.24, 2.45) is 0 Å². The Morgan fingerprint density at radius 1 is 1.18 bits per heavy atom. The van der Waals surface area contributed by atoms with Crippen LogP contribution in [-0.2, 0) is 0 Å². The molecule has 92 valence electrons. The van der Waals surface area contributed by atoms with E-state index in [2.05, 4.69) is 4.98 Å². The molecule has 0 saturated carbocycles. The van der Waals surface area contributed by atoms with E-state index in [0.29, 0.717) is 5.89 Å². The SMILES string of the molecule is Cc1ncc(-c2ccccc2)o1.[O-][Cl+3]([O-])([O-])O. The maximum atomic E-state index is 8.60. The molecule has 0 bridgehead atoms. The van der Waals surface area contributed by atoms with Crippen molar-refractivity contribution in [3.8, 4) is 11.3 Å². The van der Waals surface area contributed by atoms with E-state index < -0.39 is 10.2 Å². The zero-order valence-electron chi connectivity index (χ0n) is 8.87. The Kier molecular flexibility index (Phi) is 4.62. The highest BCUT2D eigenvalue weighted by atomic mass is 35.7. The molecule has 0 fully saturated rings. The van der Waals surface area contributed by atoms with Crippen LogP contribution in [0.2, 0.25) is 0 Å². The van der Waals surface area contributed by atoms with E-state index in [4.69, 9.17) is 23.1 Å². The minimum atomic E-state index is -4.69. The summed E-state index contributed by atoms with van der Waals surface area (Å²) < 4.78 is 38.1. The maximum absolute atomic E-state index is 8.60. The van der Waals surface area contributed by atoms with Gasteiger partial charge in [-0.25, -0.2) is 4.98 Å². The molecule has 0 atom stereocenters. The third-order valence-electron chi connectivity index (χ3n) is 1.68. The van der Waals surface area contributed by atoms with Gasteiger partial charge in [-0.2, -0.15) is 14.0 Å². The van der Waals surface area contributed by atoms with Crippen LogP contribution < -0.4 is 14.0 Å². The number of oxazole rings is 1. The van der Waals surface area contributed by atoms with Gasteiger partial charge in [-0.3, -0.25) is 0 Å². The molecule has 6 nitrogen and oxygen atoms in total. The molecule has 0 aliphatic rings. The molecular formula is C10H10ClNO5. The van der Waals surface area contributed by atoms with Crippen molar-refractivity contribution in [3.05, 3.63) is 42.4 Å². The number of benzene rings is 1. The zero-order valence-corrected chi connectivity index (χ0v) is 9.63. The number of halogens is 1. The molecule has 0 aliphatic carbocycles. The molecule has 2 rings (SSSR count). The summed E-state index contributed by atoms with van der Waals surface area (Å²) >= 11 is 0. The smallest absolute Gasteiger partial charge is 0.191 e. The van der Waals surface area contributed by atoms with Gasteiger partial charge < -0.3 is 4.42 Å². The molecule has 1 N–H and O–H groups in total. The van der Waals surface area contributed by atoms with Crippen molar-refractivity contribution in [2.45, 2.75) is 6.92 Å². The van der Waals surface area contributed by atoms with Gasteiger partial charge in [0.25, 0.3) is 0 Å². The van der Waals surface area contributed by atoms with E-state index in [1.165, 1.54) is 0 Å². The second-order valence-corrected chi connectivity index (χ2v) is 3.80. The predicted molar refractivity (Wildman–Crippen MR) is 48.9 cm³/mol. The summed E-state index contributed by atoms with van der Waals surface area (Å²) in [6, 6.07) is 9.94. The van der Waals surface area contributed by atoms with Gasteiger partial charge in [0, 0.05) is 12.5 Å². The van der Waals surface area contributed by atoms with Gasteiger partial charge in [-0.15, -0.1) is 0 Å². The minimum absolute atomic E-state index is 0.703. The van der Waals surface area contributed by atoms with Crippen molar-refractivity contribution >= 4 is 0 Å². The first-order chi connectivity index (χ1) is 7.86. The van der Waals surface area contributed by atoms with Crippen LogP contribution in [0.15, 0.2) is 40.9 Å². The monoisotopic (exact) mass is 259 g/mol. The summed E-state index contributed by atoms with van der Waals surface area (Å²) in [5.74, 6) is 1.53. The number of aryl methyl sites for hydroxylation is 1. The maximum Gasteiger partial charge on any atom is 0.191 e. The van der Waals surface area contributed by atoms with Crippen LogP contribution in [0.4, 0.5) is 0 Å². The molecule has 0 spiro atoms. The highest BCUT2D eigenvalue weighted by Crippen LogP contribution is 2.18. The summed E-state index contributed by atoms with van der Waals surface area (Å²) in [5.41, 5.74) is 1.07. The van der Waals surface area contributed by atoms with Gasteiger partial charge in [-0.05, 0) is 0 Å². The topological polar surface area (TPSA) is 115 Å². The Morgan fingerprint density at radius 2 is 1.71 bits per heavy atom. The van der Waals surface area contributed by atoms with Crippen LogP contribution in [-0.4, -0.2) is 9.64 Å². The van der Waals surface area contributed by atoms with E-state index in [0.717, 1.165) is 11.3 Å². The largest absolute Gasteiger partial charge is 0.441 e. The van der Waals surface area contributed by atoms with Gasteiger partial charge in [0.1, 0.15) is 0 Å². The molecule has 1 aromatic heterocycles. The van der Waals surface area contributed by atoms with Gasteiger partial charge in [0.05, 0.1) is 21.1 Å². The molecule has 0 amide bonds. The van der Waals surface area contributed by atoms with Crippen molar-refractivity contribution in [1.29, 1.82) is 0 Å². The van der Waals surface area contributed by atoms with Gasteiger partial charge in [-0.1, -0.05) is 30.3 Å². The van der Waals surface area contributed by atoms with E-state index >= 15 is 0 Å². The van der Waals surface area contributed by atoms with Gasteiger partial charge in [0.2, 0.25) is 0 Å². The summed E-state index contributed by atoms with van der Waals surface area (Å²) in [7, 11) is -4.69. The van der Waals surface area contributed by atoms with Crippen molar-refractivity contribution in [3.63, 3.8) is 0 Å². The number of rotatable bonds is 1. The molecule has 2 aromatic rings. The fourth-order valence-electron chi connectivity index (χ4n) is 1.10. The summed E-state index contributed by atoms with van der Waals surface area (Å²) in [6.07, 6.45) is 1.74. The third kappa shape index (κ3) is 6.00. The fraction of sp³-hybridized carbons (Fsp3) is 0.100.